The molecule has 274 valence electrons. The molecule has 0 spiro atoms. The molecule has 0 bridgehead atoms. The van der Waals surface area contributed by atoms with Gasteiger partial charge >= 0.3 is 0 Å². The van der Waals surface area contributed by atoms with Crippen molar-refractivity contribution in [1.82, 2.24) is 9.55 Å². The molecule has 11 rings (SSSR count). The fourth-order valence-electron chi connectivity index (χ4n) is 9.46. The molecule has 2 heterocycles. The van der Waals surface area contributed by atoms with Gasteiger partial charge in [0.05, 0.1) is 27.7 Å². The zero-order valence-electron chi connectivity index (χ0n) is 32.2. The average molecular weight is 742 g/mol. The van der Waals surface area contributed by atoms with Gasteiger partial charge in [0.2, 0.25) is 0 Å². The highest BCUT2D eigenvalue weighted by Crippen LogP contribution is 2.58. The van der Waals surface area contributed by atoms with Gasteiger partial charge in [-0.1, -0.05) is 140 Å². The van der Waals surface area contributed by atoms with E-state index in [0.717, 1.165) is 62.2 Å². The number of nitrogens with zero attached hydrogens (tertiary/aromatic N) is 3. The molecule has 3 nitrogen and oxygen atoms in total. The Balaban J connectivity index is 0.993. The second-order valence-corrected chi connectivity index (χ2v) is 15.5. The van der Waals surface area contributed by atoms with Crippen molar-refractivity contribution in [1.29, 1.82) is 0 Å². The average Bonchev–Trinajstić information content (AvgIpc) is 3.79. The Kier molecular flexibility index (Phi) is 7.98. The lowest BCUT2D eigenvalue weighted by Crippen LogP contribution is -2.30. The van der Waals surface area contributed by atoms with Crippen molar-refractivity contribution < 1.29 is 0 Å². The van der Waals surface area contributed by atoms with Gasteiger partial charge in [0.1, 0.15) is 0 Å². The van der Waals surface area contributed by atoms with E-state index in [0.29, 0.717) is 5.92 Å². The molecule has 0 saturated heterocycles. The van der Waals surface area contributed by atoms with E-state index in [4.69, 9.17) is 4.98 Å². The summed E-state index contributed by atoms with van der Waals surface area (Å²) in [5.41, 5.74) is 17.2. The minimum Gasteiger partial charge on any atom is -0.308 e. The van der Waals surface area contributed by atoms with Crippen LogP contribution in [-0.4, -0.2) is 9.55 Å². The molecule has 0 radical (unpaired) electrons. The summed E-state index contributed by atoms with van der Waals surface area (Å²) in [4.78, 5) is 7.02. The fraction of sp³-hybridized carbons (Fsp3) is 0.0727. The van der Waals surface area contributed by atoms with E-state index < -0.39 is 5.41 Å². The lowest BCUT2D eigenvalue weighted by molar-refractivity contribution is 0.691. The molecule has 9 aromatic rings. The monoisotopic (exact) mass is 741 g/mol. The Bertz CT molecular complexity index is 2980. The van der Waals surface area contributed by atoms with Gasteiger partial charge in [-0.05, 0) is 130 Å². The number of hydrogen-bond acceptors (Lipinski definition) is 2. The Morgan fingerprint density at radius 2 is 1.38 bits per heavy atom. The van der Waals surface area contributed by atoms with Gasteiger partial charge in [-0.3, -0.25) is 4.98 Å². The number of fused-ring (bicyclic) bond motifs is 6. The van der Waals surface area contributed by atoms with E-state index >= 15 is 0 Å². The number of pyridine rings is 1. The van der Waals surface area contributed by atoms with Crippen molar-refractivity contribution in [2.24, 2.45) is 5.92 Å². The standard InChI is InChI=1S/C55H39N3/c1-38-22-28-42(29-23-38)55(41-13-4-2-5-14-41)50-19-10-8-17-47(50)49-37-46(34-35-51(49)55)57(43-15-6-3-7-16-43)44-30-24-39(25-31-44)40-26-32-45(33-27-40)58-52-20-11-9-18-48(52)54-53(58)21-12-36-56-54/h2-6,8-15,17-22,24-38H,23H2,1H3. The highest BCUT2D eigenvalue weighted by Gasteiger charge is 2.47. The Morgan fingerprint density at radius 3 is 2.17 bits per heavy atom. The summed E-state index contributed by atoms with van der Waals surface area (Å²) >= 11 is 0. The molecule has 2 aliphatic rings. The first-order chi connectivity index (χ1) is 28.7. The van der Waals surface area contributed by atoms with Crippen molar-refractivity contribution in [3.63, 3.8) is 0 Å². The summed E-state index contributed by atoms with van der Waals surface area (Å²) in [6, 6.07) is 70.2. The van der Waals surface area contributed by atoms with Crippen LogP contribution in [0.3, 0.4) is 0 Å². The van der Waals surface area contributed by atoms with E-state index in [2.05, 4.69) is 204 Å². The van der Waals surface area contributed by atoms with Crippen LogP contribution in [0.4, 0.5) is 17.1 Å². The van der Waals surface area contributed by atoms with Gasteiger partial charge in [0, 0.05) is 28.6 Å². The smallest absolute Gasteiger partial charge is 0.0973 e. The van der Waals surface area contributed by atoms with Gasteiger partial charge in [-0.2, -0.15) is 0 Å². The first-order valence-corrected chi connectivity index (χ1v) is 20.1. The molecule has 0 N–H and O–H groups in total. The van der Waals surface area contributed by atoms with Crippen LogP contribution in [0.15, 0.2) is 206 Å². The summed E-state index contributed by atoms with van der Waals surface area (Å²) in [7, 11) is 0. The third-order valence-electron chi connectivity index (χ3n) is 12.1. The highest BCUT2D eigenvalue weighted by molar-refractivity contribution is 6.07. The SMILES string of the molecule is CC1C=CC(C2(c3ccccc3)c3ccccc3-c3cc(N(c4c#cccc4)c4ccc(-c5ccc(-n6c7ccccc7c7ncccc76)cc5)cc4)ccc32)=CC1. The van der Waals surface area contributed by atoms with Gasteiger partial charge in [-0.25, -0.2) is 0 Å². The molecule has 58 heavy (non-hydrogen) atoms. The Morgan fingerprint density at radius 1 is 0.655 bits per heavy atom. The molecule has 2 atom stereocenters. The van der Waals surface area contributed by atoms with E-state index in [9.17, 15) is 0 Å². The van der Waals surface area contributed by atoms with Gasteiger partial charge in [0.15, 0.2) is 0 Å². The highest BCUT2D eigenvalue weighted by atomic mass is 15.1. The summed E-state index contributed by atoms with van der Waals surface area (Å²) in [5.74, 6) is 0.525. The number of benzene rings is 6. The molecule has 2 aromatic heterocycles. The van der Waals surface area contributed by atoms with Crippen molar-refractivity contribution in [3.8, 4) is 27.9 Å². The molecule has 3 heteroatoms. The predicted molar refractivity (Wildman–Crippen MR) is 239 cm³/mol. The summed E-state index contributed by atoms with van der Waals surface area (Å²) in [6.07, 6.45) is 10.1. The van der Waals surface area contributed by atoms with Crippen LogP contribution in [0.1, 0.15) is 30.0 Å². The largest absolute Gasteiger partial charge is 0.308 e. The molecule has 7 aromatic carbocycles. The first kappa shape index (κ1) is 33.9. The fourth-order valence-corrected chi connectivity index (χ4v) is 9.46. The number of hydrogen-bond donors (Lipinski definition) is 0. The Labute approximate surface area is 339 Å². The topological polar surface area (TPSA) is 21.1 Å². The number of para-hydroxylation sites is 1. The van der Waals surface area contributed by atoms with Crippen LogP contribution in [0.25, 0.3) is 49.9 Å². The van der Waals surface area contributed by atoms with Crippen molar-refractivity contribution in [3.05, 3.63) is 235 Å². The maximum absolute atomic E-state index is 4.72. The summed E-state index contributed by atoms with van der Waals surface area (Å²) < 4.78 is 2.30. The van der Waals surface area contributed by atoms with Crippen LogP contribution in [0, 0.1) is 18.1 Å². The minimum absolute atomic E-state index is 0.407. The molecule has 2 unspecified atom stereocenters. The third kappa shape index (κ3) is 5.26. The molecule has 0 fully saturated rings. The van der Waals surface area contributed by atoms with Crippen LogP contribution in [0.2, 0.25) is 0 Å². The lowest BCUT2D eigenvalue weighted by Gasteiger charge is -2.36. The molecule has 0 aliphatic heterocycles. The third-order valence-corrected chi connectivity index (χ3v) is 12.1. The lowest BCUT2D eigenvalue weighted by atomic mass is 9.66. The van der Waals surface area contributed by atoms with E-state index in [1.165, 1.54) is 33.4 Å². The minimum atomic E-state index is -0.407. The maximum Gasteiger partial charge on any atom is 0.0973 e. The number of aromatic nitrogens is 2. The molecular formula is C55H39N3. The van der Waals surface area contributed by atoms with Crippen LogP contribution in [0.5, 0.6) is 0 Å². The van der Waals surface area contributed by atoms with Crippen LogP contribution < -0.4 is 4.90 Å². The number of allylic oxidation sites excluding steroid dienone is 4. The zero-order chi connectivity index (χ0) is 38.6. The second kappa shape index (κ2) is 13.7. The maximum atomic E-state index is 4.72. The van der Waals surface area contributed by atoms with Crippen molar-refractivity contribution in [2.75, 3.05) is 4.90 Å². The van der Waals surface area contributed by atoms with Crippen LogP contribution in [-0.2, 0) is 5.41 Å². The summed E-state index contributed by atoms with van der Waals surface area (Å²) in [6.45, 7) is 2.29. The van der Waals surface area contributed by atoms with E-state index in [-0.39, 0.29) is 0 Å². The zero-order valence-corrected chi connectivity index (χ0v) is 32.2. The van der Waals surface area contributed by atoms with Gasteiger partial charge in [-0.15, -0.1) is 0 Å². The molecule has 2 aliphatic carbocycles. The quantitative estimate of drug-likeness (QED) is 0.162. The van der Waals surface area contributed by atoms with E-state index in [1.54, 1.807) is 0 Å². The van der Waals surface area contributed by atoms with Crippen LogP contribution >= 0.6 is 0 Å². The number of anilines is 3. The molecule has 0 amide bonds. The van der Waals surface area contributed by atoms with Crippen molar-refractivity contribution in [2.45, 2.75) is 18.8 Å². The predicted octanol–water partition coefficient (Wildman–Crippen LogP) is 13.8. The van der Waals surface area contributed by atoms with Crippen molar-refractivity contribution >= 4 is 39.0 Å². The first-order valence-electron chi connectivity index (χ1n) is 20.1. The van der Waals surface area contributed by atoms with Gasteiger partial charge in [0.25, 0.3) is 0 Å². The molecular weight excluding hydrogens is 703 g/mol. The number of rotatable bonds is 7. The second-order valence-electron chi connectivity index (χ2n) is 15.5. The summed E-state index contributed by atoms with van der Waals surface area (Å²) in [5, 5.41) is 1.16. The normalized spacial score (nSPS) is 16.8. The van der Waals surface area contributed by atoms with Gasteiger partial charge < -0.3 is 9.47 Å². The Hall–Kier alpha value is -7.41. The van der Waals surface area contributed by atoms with E-state index in [1.807, 2.05) is 24.4 Å². The molecule has 0 saturated carbocycles.